The Kier molecular flexibility index (Phi) is 4.58. The Morgan fingerprint density at radius 2 is 1.90 bits per heavy atom. The molecule has 0 heterocycles. The first kappa shape index (κ1) is 15.0. The molecule has 0 aliphatic heterocycles. The largest absolute Gasteiger partial charge is 0.478 e. The standard InChI is InChI=1S/C17H17FO3/c1-3-11(2)12-4-7-14(8-5-12)21-16-9-6-13(18)10-15(16)17(19)20/h4-11H,3H2,1-2H3,(H,19,20). The van der Waals surface area contributed by atoms with Crippen LogP contribution in [0.1, 0.15) is 42.1 Å². The maximum Gasteiger partial charge on any atom is 0.339 e. The van der Waals surface area contributed by atoms with Crippen LogP contribution < -0.4 is 4.74 Å². The van der Waals surface area contributed by atoms with Crippen molar-refractivity contribution in [2.45, 2.75) is 26.2 Å². The van der Waals surface area contributed by atoms with E-state index >= 15 is 0 Å². The highest BCUT2D eigenvalue weighted by molar-refractivity contribution is 5.91. The zero-order chi connectivity index (χ0) is 15.4. The van der Waals surface area contributed by atoms with Crippen molar-refractivity contribution in [1.29, 1.82) is 0 Å². The number of carboxylic acid groups (broad SMARTS) is 1. The van der Waals surface area contributed by atoms with Crippen LogP contribution in [-0.2, 0) is 0 Å². The Labute approximate surface area is 123 Å². The molecule has 2 aromatic carbocycles. The lowest BCUT2D eigenvalue weighted by atomic mass is 9.99. The minimum atomic E-state index is -1.22. The molecular weight excluding hydrogens is 271 g/mol. The summed E-state index contributed by atoms with van der Waals surface area (Å²) in [6.45, 7) is 4.26. The van der Waals surface area contributed by atoms with Crippen LogP contribution in [0.2, 0.25) is 0 Å². The highest BCUT2D eigenvalue weighted by atomic mass is 19.1. The van der Waals surface area contributed by atoms with Gasteiger partial charge in [0.15, 0.2) is 0 Å². The highest BCUT2D eigenvalue weighted by Gasteiger charge is 2.13. The predicted octanol–water partition coefficient (Wildman–Crippen LogP) is 4.83. The van der Waals surface area contributed by atoms with Crippen LogP contribution >= 0.6 is 0 Å². The monoisotopic (exact) mass is 288 g/mol. The molecule has 0 saturated heterocycles. The Bertz CT molecular complexity index is 635. The first-order valence-corrected chi connectivity index (χ1v) is 6.82. The first-order chi connectivity index (χ1) is 10.0. The highest BCUT2D eigenvalue weighted by Crippen LogP contribution is 2.28. The molecule has 0 radical (unpaired) electrons. The summed E-state index contributed by atoms with van der Waals surface area (Å²) >= 11 is 0. The molecule has 2 rings (SSSR count). The Morgan fingerprint density at radius 3 is 2.48 bits per heavy atom. The Hall–Kier alpha value is -2.36. The number of aromatic carboxylic acids is 1. The third-order valence-corrected chi connectivity index (χ3v) is 3.46. The van der Waals surface area contributed by atoms with Gasteiger partial charge in [0.25, 0.3) is 0 Å². The fourth-order valence-corrected chi connectivity index (χ4v) is 1.99. The summed E-state index contributed by atoms with van der Waals surface area (Å²) in [5.41, 5.74) is 1.00. The average molecular weight is 288 g/mol. The average Bonchev–Trinajstić information content (AvgIpc) is 2.49. The molecule has 0 saturated carbocycles. The molecular formula is C17H17FO3. The Balaban J connectivity index is 2.24. The lowest BCUT2D eigenvalue weighted by molar-refractivity contribution is 0.0693. The molecule has 2 aromatic rings. The molecule has 0 aliphatic carbocycles. The summed E-state index contributed by atoms with van der Waals surface area (Å²) in [7, 11) is 0. The molecule has 1 unspecified atom stereocenters. The van der Waals surface area contributed by atoms with Gasteiger partial charge < -0.3 is 9.84 Å². The van der Waals surface area contributed by atoms with Crippen molar-refractivity contribution in [2.75, 3.05) is 0 Å². The van der Waals surface area contributed by atoms with E-state index in [1.165, 1.54) is 17.7 Å². The van der Waals surface area contributed by atoms with E-state index in [-0.39, 0.29) is 11.3 Å². The quantitative estimate of drug-likeness (QED) is 0.857. The molecule has 110 valence electrons. The lowest BCUT2D eigenvalue weighted by Crippen LogP contribution is -2.01. The summed E-state index contributed by atoms with van der Waals surface area (Å²) in [4.78, 5) is 11.1. The van der Waals surface area contributed by atoms with Gasteiger partial charge in [0.1, 0.15) is 22.9 Å². The van der Waals surface area contributed by atoms with Gasteiger partial charge in [-0.1, -0.05) is 26.0 Å². The smallest absolute Gasteiger partial charge is 0.339 e. The van der Waals surface area contributed by atoms with E-state index in [0.717, 1.165) is 12.5 Å². The van der Waals surface area contributed by atoms with Gasteiger partial charge in [0.05, 0.1) is 0 Å². The lowest BCUT2D eigenvalue weighted by Gasteiger charge is -2.12. The molecule has 4 heteroatoms. The van der Waals surface area contributed by atoms with E-state index < -0.39 is 11.8 Å². The van der Waals surface area contributed by atoms with Gasteiger partial charge in [-0.25, -0.2) is 9.18 Å². The summed E-state index contributed by atoms with van der Waals surface area (Å²) in [6.07, 6.45) is 1.04. The van der Waals surface area contributed by atoms with E-state index in [1.54, 1.807) is 12.1 Å². The third-order valence-electron chi connectivity index (χ3n) is 3.46. The summed E-state index contributed by atoms with van der Waals surface area (Å²) in [5.74, 6) is -0.719. The third kappa shape index (κ3) is 3.60. The molecule has 3 nitrogen and oxygen atoms in total. The number of hydrogen-bond acceptors (Lipinski definition) is 2. The number of rotatable bonds is 5. The van der Waals surface area contributed by atoms with E-state index in [4.69, 9.17) is 9.84 Å². The van der Waals surface area contributed by atoms with Crippen LogP contribution in [0.4, 0.5) is 4.39 Å². The maximum atomic E-state index is 13.1. The van der Waals surface area contributed by atoms with Gasteiger partial charge in [-0.2, -0.15) is 0 Å². The van der Waals surface area contributed by atoms with Crippen molar-refractivity contribution in [3.8, 4) is 11.5 Å². The van der Waals surface area contributed by atoms with E-state index in [2.05, 4.69) is 13.8 Å². The van der Waals surface area contributed by atoms with Gasteiger partial charge in [-0.15, -0.1) is 0 Å². The second kappa shape index (κ2) is 6.39. The summed E-state index contributed by atoms with van der Waals surface area (Å²) in [6, 6.07) is 10.9. The topological polar surface area (TPSA) is 46.5 Å². The van der Waals surface area contributed by atoms with Crippen LogP contribution in [0.25, 0.3) is 0 Å². The van der Waals surface area contributed by atoms with Gasteiger partial charge in [-0.3, -0.25) is 0 Å². The van der Waals surface area contributed by atoms with Gasteiger partial charge in [0, 0.05) is 0 Å². The zero-order valence-corrected chi connectivity index (χ0v) is 12.0. The molecule has 0 spiro atoms. The molecule has 0 fully saturated rings. The Morgan fingerprint density at radius 1 is 1.24 bits per heavy atom. The minimum absolute atomic E-state index is 0.125. The van der Waals surface area contributed by atoms with Crippen molar-refractivity contribution in [2.24, 2.45) is 0 Å². The normalized spacial score (nSPS) is 12.0. The fourth-order valence-electron chi connectivity index (χ4n) is 1.99. The van der Waals surface area contributed by atoms with Crippen molar-refractivity contribution < 1.29 is 19.0 Å². The molecule has 1 atom stereocenters. The summed E-state index contributed by atoms with van der Waals surface area (Å²) in [5, 5.41) is 9.07. The van der Waals surface area contributed by atoms with Gasteiger partial charge >= 0.3 is 5.97 Å². The number of ether oxygens (including phenoxy) is 1. The van der Waals surface area contributed by atoms with Crippen LogP contribution in [0.5, 0.6) is 11.5 Å². The second-order valence-corrected chi connectivity index (χ2v) is 4.93. The van der Waals surface area contributed by atoms with Crippen LogP contribution in [0.3, 0.4) is 0 Å². The van der Waals surface area contributed by atoms with E-state index in [0.29, 0.717) is 11.7 Å². The predicted molar refractivity (Wildman–Crippen MR) is 78.6 cm³/mol. The van der Waals surface area contributed by atoms with Gasteiger partial charge in [-0.05, 0) is 48.2 Å². The SMILES string of the molecule is CCC(C)c1ccc(Oc2ccc(F)cc2C(=O)O)cc1. The van der Waals surface area contributed by atoms with Crippen molar-refractivity contribution >= 4 is 5.97 Å². The van der Waals surface area contributed by atoms with Gasteiger partial charge in [0.2, 0.25) is 0 Å². The van der Waals surface area contributed by atoms with Crippen LogP contribution in [-0.4, -0.2) is 11.1 Å². The molecule has 1 N–H and O–H groups in total. The molecule has 0 aliphatic rings. The van der Waals surface area contributed by atoms with E-state index in [1.807, 2.05) is 12.1 Å². The number of carbonyl (C=O) groups is 1. The molecule has 0 amide bonds. The van der Waals surface area contributed by atoms with Crippen LogP contribution in [0.15, 0.2) is 42.5 Å². The van der Waals surface area contributed by atoms with E-state index in [9.17, 15) is 9.18 Å². The molecule has 0 bridgehead atoms. The van der Waals surface area contributed by atoms with Crippen molar-refractivity contribution in [3.63, 3.8) is 0 Å². The van der Waals surface area contributed by atoms with Crippen molar-refractivity contribution in [1.82, 2.24) is 0 Å². The number of halogens is 1. The van der Waals surface area contributed by atoms with Crippen LogP contribution in [0, 0.1) is 5.82 Å². The number of hydrogen-bond donors (Lipinski definition) is 1. The second-order valence-electron chi connectivity index (χ2n) is 4.93. The maximum absolute atomic E-state index is 13.1. The first-order valence-electron chi connectivity index (χ1n) is 6.82. The fraction of sp³-hybridized carbons (Fsp3) is 0.235. The number of benzene rings is 2. The van der Waals surface area contributed by atoms with Crippen molar-refractivity contribution in [3.05, 3.63) is 59.4 Å². The molecule has 0 aromatic heterocycles. The zero-order valence-electron chi connectivity index (χ0n) is 12.0. The molecule has 21 heavy (non-hydrogen) atoms. The minimum Gasteiger partial charge on any atom is -0.478 e. The summed E-state index contributed by atoms with van der Waals surface area (Å²) < 4.78 is 18.7. The number of carboxylic acids is 1.